The molecular weight excluding hydrogens is 302 g/mol. The summed E-state index contributed by atoms with van der Waals surface area (Å²) in [5.74, 6) is 2.07. The molecule has 3 aromatic rings. The molecule has 2 aromatic carbocycles. The van der Waals surface area contributed by atoms with Crippen LogP contribution in [0.1, 0.15) is 5.82 Å². The van der Waals surface area contributed by atoms with E-state index in [0.717, 1.165) is 34.8 Å². The maximum Gasteiger partial charge on any atom is 0.193 e. The summed E-state index contributed by atoms with van der Waals surface area (Å²) in [4.78, 5) is 8.95. The van der Waals surface area contributed by atoms with Gasteiger partial charge < -0.3 is 20.4 Å². The molecule has 124 valence electrons. The van der Waals surface area contributed by atoms with Gasteiger partial charge in [0.05, 0.1) is 30.4 Å². The molecule has 0 atom stereocenters. The molecule has 3 rings (SSSR count). The van der Waals surface area contributed by atoms with E-state index in [-0.39, 0.29) is 0 Å². The van der Waals surface area contributed by atoms with Crippen LogP contribution in [0.5, 0.6) is 5.75 Å². The van der Waals surface area contributed by atoms with Crippen LogP contribution in [0.2, 0.25) is 0 Å². The number of benzene rings is 2. The number of hydrogen-bond donors (Lipinski definition) is 2. The summed E-state index contributed by atoms with van der Waals surface area (Å²) in [7, 11) is 1.63. The molecule has 6 heteroatoms. The Bertz CT molecular complexity index is 869. The highest BCUT2D eigenvalue weighted by Gasteiger charge is 2.06. The molecule has 0 aliphatic heterocycles. The van der Waals surface area contributed by atoms with Crippen LogP contribution in [-0.2, 0) is 6.54 Å². The number of nitrogens with two attached hydrogens (primary N) is 1. The molecule has 0 bridgehead atoms. The Kier molecular flexibility index (Phi) is 4.65. The summed E-state index contributed by atoms with van der Waals surface area (Å²) >= 11 is 0. The zero-order chi connectivity index (χ0) is 16.9. The van der Waals surface area contributed by atoms with E-state index in [1.165, 1.54) is 0 Å². The number of aryl methyl sites for hydroxylation is 1. The van der Waals surface area contributed by atoms with E-state index in [1.54, 1.807) is 7.11 Å². The van der Waals surface area contributed by atoms with Crippen molar-refractivity contribution in [3.63, 3.8) is 0 Å². The number of ether oxygens (including phenoxy) is 1. The summed E-state index contributed by atoms with van der Waals surface area (Å²) in [6.45, 7) is 3.29. The minimum absolute atomic E-state index is 0.363. The van der Waals surface area contributed by atoms with Crippen LogP contribution in [0, 0.1) is 6.92 Å². The standard InChI is InChI=1S/C18H21N5O/c1-13-21-14-7-3-5-9-16(14)23(13)12-11-20-18(19)22-15-8-4-6-10-17(15)24-2/h3-10H,11-12H2,1-2H3,(H3,19,20,22). The second-order valence-corrected chi connectivity index (χ2v) is 5.39. The van der Waals surface area contributed by atoms with Crippen LogP contribution in [0.4, 0.5) is 5.69 Å². The quantitative estimate of drug-likeness (QED) is 0.559. The summed E-state index contributed by atoms with van der Waals surface area (Å²) < 4.78 is 7.44. The first-order valence-corrected chi connectivity index (χ1v) is 7.81. The molecular formula is C18H21N5O. The fraction of sp³-hybridized carbons (Fsp3) is 0.222. The van der Waals surface area contributed by atoms with Crippen molar-refractivity contribution in [2.75, 3.05) is 19.0 Å². The lowest BCUT2D eigenvalue weighted by Gasteiger charge is -2.10. The van der Waals surface area contributed by atoms with Crippen molar-refractivity contribution in [2.45, 2.75) is 13.5 Å². The average molecular weight is 323 g/mol. The Balaban J connectivity index is 1.68. The van der Waals surface area contributed by atoms with Gasteiger partial charge in [0.2, 0.25) is 0 Å². The van der Waals surface area contributed by atoms with Crippen LogP contribution in [-0.4, -0.2) is 29.2 Å². The van der Waals surface area contributed by atoms with Gasteiger partial charge in [0, 0.05) is 6.54 Å². The van der Waals surface area contributed by atoms with Crippen molar-refractivity contribution in [1.82, 2.24) is 9.55 Å². The smallest absolute Gasteiger partial charge is 0.193 e. The van der Waals surface area contributed by atoms with E-state index >= 15 is 0 Å². The molecule has 3 N–H and O–H groups in total. The van der Waals surface area contributed by atoms with Gasteiger partial charge in [-0.05, 0) is 31.2 Å². The number of anilines is 1. The fourth-order valence-corrected chi connectivity index (χ4v) is 2.67. The van der Waals surface area contributed by atoms with Crippen LogP contribution in [0.3, 0.4) is 0 Å². The third kappa shape index (κ3) is 3.32. The third-order valence-electron chi connectivity index (χ3n) is 3.82. The van der Waals surface area contributed by atoms with E-state index < -0.39 is 0 Å². The first kappa shape index (κ1) is 15.9. The highest BCUT2D eigenvalue weighted by Crippen LogP contribution is 2.22. The number of aliphatic imine (C=N–C) groups is 1. The number of nitrogens with zero attached hydrogens (tertiary/aromatic N) is 3. The van der Waals surface area contributed by atoms with Gasteiger partial charge in [-0.25, -0.2) is 4.98 Å². The van der Waals surface area contributed by atoms with Crippen LogP contribution in [0.15, 0.2) is 53.5 Å². The number of methoxy groups -OCH3 is 1. The van der Waals surface area contributed by atoms with Gasteiger partial charge in [0.15, 0.2) is 5.96 Å². The maximum absolute atomic E-state index is 5.98. The molecule has 1 heterocycles. The number of imidazole rings is 1. The third-order valence-corrected chi connectivity index (χ3v) is 3.82. The Hall–Kier alpha value is -3.02. The monoisotopic (exact) mass is 323 g/mol. The van der Waals surface area contributed by atoms with E-state index in [9.17, 15) is 0 Å². The van der Waals surface area contributed by atoms with Gasteiger partial charge in [-0.2, -0.15) is 0 Å². The van der Waals surface area contributed by atoms with Crippen molar-refractivity contribution in [3.8, 4) is 5.75 Å². The Morgan fingerprint density at radius 3 is 2.79 bits per heavy atom. The fourth-order valence-electron chi connectivity index (χ4n) is 2.67. The predicted molar refractivity (Wildman–Crippen MR) is 97.6 cm³/mol. The van der Waals surface area contributed by atoms with Crippen LogP contribution < -0.4 is 15.8 Å². The predicted octanol–water partition coefficient (Wildman–Crippen LogP) is 2.78. The minimum atomic E-state index is 0.363. The number of aromatic nitrogens is 2. The van der Waals surface area contributed by atoms with Gasteiger partial charge in [-0.3, -0.25) is 4.99 Å². The number of fused-ring (bicyclic) bond motifs is 1. The minimum Gasteiger partial charge on any atom is -0.495 e. The molecule has 0 aliphatic rings. The van der Waals surface area contributed by atoms with Crippen molar-refractivity contribution in [2.24, 2.45) is 10.7 Å². The number of rotatable bonds is 5. The summed E-state index contributed by atoms with van der Waals surface area (Å²) in [6, 6.07) is 15.7. The number of guanidine groups is 1. The maximum atomic E-state index is 5.98. The van der Waals surface area contributed by atoms with Gasteiger partial charge in [0.25, 0.3) is 0 Å². The molecule has 6 nitrogen and oxygen atoms in total. The summed E-state index contributed by atoms with van der Waals surface area (Å²) in [5.41, 5.74) is 8.89. The van der Waals surface area contributed by atoms with Gasteiger partial charge in [0.1, 0.15) is 11.6 Å². The van der Waals surface area contributed by atoms with E-state index in [4.69, 9.17) is 10.5 Å². The zero-order valence-corrected chi connectivity index (χ0v) is 13.9. The lowest BCUT2D eigenvalue weighted by Crippen LogP contribution is -2.23. The average Bonchev–Trinajstić information content (AvgIpc) is 2.91. The van der Waals surface area contributed by atoms with Crippen LogP contribution >= 0.6 is 0 Å². The van der Waals surface area contributed by atoms with Crippen molar-refractivity contribution in [1.29, 1.82) is 0 Å². The molecule has 0 amide bonds. The largest absolute Gasteiger partial charge is 0.495 e. The highest BCUT2D eigenvalue weighted by molar-refractivity contribution is 5.93. The first-order chi connectivity index (χ1) is 11.7. The van der Waals surface area contributed by atoms with Gasteiger partial charge in [-0.1, -0.05) is 24.3 Å². The van der Waals surface area contributed by atoms with Gasteiger partial charge >= 0.3 is 0 Å². The molecule has 0 saturated carbocycles. The van der Waals surface area contributed by atoms with Crippen molar-refractivity contribution >= 4 is 22.7 Å². The number of para-hydroxylation sites is 4. The van der Waals surface area contributed by atoms with E-state index in [2.05, 4.69) is 25.9 Å². The van der Waals surface area contributed by atoms with E-state index in [1.807, 2.05) is 49.4 Å². The summed E-state index contributed by atoms with van der Waals surface area (Å²) in [6.07, 6.45) is 0. The Labute approximate surface area is 141 Å². The van der Waals surface area contributed by atoms with Crippen LogP contribution in [0.25, 0.3) is 11.0 Å². The van der Waals surface area contributed by atoms with Crippen molar-refractivity contribution < 1.29 is 4.74 Å². The first-order valence-electron chi connectivity index (χ1n) is 7.81. The molecule has 0 spiro atoms. The topological polar surface area (TPSA) is 77.5 Å². The van der Waals surface area contributed by atoms with Gasteiger partial charge in [-0.15, -0.1) is 0 Å². The molecule has 24 heavy (non-hydrogen) atoms. The number of hydrogen-bond acceptors (Lipinski definition) is 3. The van der Waals surface area contributed by atoms with Crippen molar-refractivity contribution in [3.05, 3.63) is 54.4 Å². The normalized spacial score (nSPS) is 11.7. The Morgan fingerprint density at radius 1 is 1.21 bits per heavy atom. The molecule has 0 fully saturated rings. The molecule has 1 aromatic heterocycles. The SMILES string of the molecule is COc1ccccc1NC(N)=NCCn1c(C)nc2ccccc21. The molecule has 0 unspecified atom stereocenters. The number of nitrogens with one attached hydrogen (secondary N) is 1. The summed E-state index contributed by atoms with van der Waals surface area (Å²) in [5, 5.41) is 3.07. The second-order valence-electron chi connectivity index (χ2n) is 5.39. The van der Waals surface area contributed by atoms with E-state index in [0.29, 0.717) is 12.5 Å². The molecule has 0 aliphatic carbocycles. The Morgan fingerprint density at radius 2 is 1.96 bits per heavy atom. The highest BCUT2D eigenvalue weighted by atomic mass is 16.5. The second kappa shape index (κ2) is 7.04. The zero-order valence-electron chi connectivity index (χ0n) is 13.9. The lowest BCUT2D eigenvalue weighted by molar-refractivity contribution is 0.417. The molecule has 0 radical (unpaired) electrons. The molecule has 0 saturated heterocycles. The lowest BCUT2D eigenvalue weighted by atomic mass is 10.3.